The van der Waals surface area contributed by atoms with E-state index in [1.807, 2.05) is 0 Å². The first-order valence-electron chi connectivity index (χ1n) is 1.72. The first-order valence-corrected chi connectivity index (χ1v) is 3.12. The molecule has 0 saturated heterocycles. The van der Waals surface area contributed by atoms with E-state index in [0.717, 1.165) is 0 Å². The molecule has 0 spiro atoms. The Bertz CT molecular complexity index is 109. The third-order valence-electron chi connectivity index (χ3n) is 0. The fraction of sp³-hybridized carbons (Fsp3) is 1.00. The normalized spacial score (nSPS) is 8.44. The summed E-state index contributed by atoms with van der Waals surface area (Å²) in [4.78, 5) is 0. The molecule has 0 aromatic rings. The van der Waals surface area contributed by atoms with Crippen LogP contribution in [0.4, 0.5) is 0 Å². The zero-order valence-electron chi connectivity index (χ0n) is 4.98. The summed E-state index contributed by atoms with van der Waals surface area (Å²) in [5, 5.41) is 7.57. The third kappa shape index (κ3) is 705. The third-order valence-corrected chi connectivity index (χ3v) is 0. The van der Waals surface area contributed by atoms with Crippen LogP contribution in [0.5, 0.6) is 0 Å². The number of hydrogen-bond acceptors (Lipinski definition) is 3. The van der Waals surface area contributed by atoms with E-state index in [2.05, 4.69) is 0 Å². The van der Waals surface area contributed by atoms with Crippen molar-refractivity contribution in [3.05, 3.63) is 0 Å². The van der Waals surface area contributed by atoms with Gasteiger partial charge in [0, 0.05) is 6.61 Å². The summed E-state index contributed by atoms with van der Waals surface area (Å²) in [5.41, 5.74) is 0. The summed E-state index contributed by atoms with van der Waals surface area (Å²) >= 11 is 0. The molecule has 0 atom stereocenters. The van der Waals surface area contributed by atoms with Crippen molar-refractivity contribution in [3.8, 4) is 0 Å². The molecule has 0 bridgehead atoms. The molecule has 0 saturated carbocycles. The SMILES string of the molecule is CCO.O=S(=O)(O)O.[PbH2]. The van der Waals surface area contributed by atoms with Gasteiger partial charge in [-0.05, 0) is 6.92 Å². The molecular formula is C2H10O5PbS. The minimum atomic E-state index is -4.67. The van der Waals surface area contributed by atoms with E-state index in [4.69, 9.17) is 22.6 Å². The van der Waals surface area contributed by atoms with Crippen LogP contribution >= 0.6 is 0 Å². The Morgan fingerprint density at radius 3 is 1.33 bits per heavy atom. The van der Waals surface area contributed by atoms with Crippen molar-refractivity contribution in [1.29, 1.82) is 0 Å². The van der Waals surface area contributed by atoms with E-state index in [1.54, 1.807) is 6.92 Å². The molecule has 0 heterocycles. The summed E-state index contributed by atoms with van der Waals surface area (Å²) < 4.78 is 31.6. The molecule has 7 heteroatoms. The van der Waals surface area contributed by atoms with Crippen molar-refractivity contribution < 1.29 is 22.6 Å². The van der Waals surface area contributed by atoms with Crippen molar-refractivity contribution in [1.82, 2.24) is 0 Å². The van der Waals surface area contributed by atoms with Gasteiger partial charge in [-0.2, -0.15) is 8.42 Å². The van der Waals surface area contributed by atoms with Gasteiger partial charge in [-0.1, -0.05) is 0 Å². The molecule has 58 valence electrons. The van der Waals surface area contributed by atoms with Gasteiger partial charge in [0.2, 0.25) is 0 Å². The molecule has 0 unspecified atom stereocenters. The molecule has 0 aliphatic heterocycles. The predicted molar refractivity (Wildman–Crippen MR) is 35.5 cm³/mol. The molecule has 9 heavy (non-hydrogen) atoms. The van der Waals surface area contributed by atoms with Crippen LogP contribution in [0, 0.1) is 0 Å². The van der Waals surface area contributed by atoms with Crippen LogP contribution < -0.4 is 0 Å². The Morgan fingerprint density at radius 1 is 1.33 bits per heavy atom. The van der Waals surface area contributed by atoms with Crippen molar-refractivity contribution in [2.24, 2.45) is 0 Å². The van der Waals surface area contributed by atoms with Crippen molar-refractivity contribution in [3.63, 3.8) is 0 Å². The van der Waals surface area contributed by atoms with Crippen LogP contribution in [0.25, 0.3) is 0 Å². The number of hydrogen-bond donors (Lipinski definition) is 3. The average Bonchev–Trinajstić information content (AvgIpc) is 1.27. The van der Waals surface area contributed by atoms with Crippen LogP contribution in [0.2, 0.25) is 0 Å². The fourth-order valence-corrected chi connectivity index (χ4v) is 0. The summed E-state index contributed by atoms with van der Waals surface area (Å²) in [7, 11) is -4.67. The molecule has 0 aliphatic carbocycles. The van der Waals surface area contributed by atoms with Crippen LogP contribution in [-0.2, 0) is 10.4 Å². The van der Waals surface area contributed by atoms with Crippen LogP contribution in [-0.4, -0.2) is 56.5 Å². The second-order valence-corrected chi connectivity index (χ2v) is 1.66. The van der Waals surface area contributed by atoms with Gasteiger partial charge in [0.05, 0.1) is 0 Å². The summed E-state index contributed by atoms with van der Waals surface area (Å²) in [6.45, 7) is 1.93. The summed E-state index contributed by atoms with van der Waals surface area (Å²) in [5.74, 6) is 0. The molecule has 2 radical (unpaired) electrons. The average molecular weight is 353 g/mol. The Labute approximate surface area is 73.8 Å². The van der Waals surface area contributed by atoms with Crippen LogP contribution in [0.1, 0.15) is 6.92 Å². The molecule has 5 nitrogen and oxygen atoms in total. The summed E-state index contributed by atoms with van der Waals surface area (Å²) in [6.07, 6.45) is 0. The predicted octanol–water partition coefficient (Wildman–Crippen LogP) is -1.57. The van der Waals surface area contributed by atoms with E-state index in [1.165, 1.54) is 0 Å². The van der Waals surface area contributed by atoms with Gasteiger partial charge in [0.15, 0.2) is 0 Å². The molecule has 0 amide bonds. The van der Waals surface area contributed by atoms with Crippen LogP contribution in [0.3, 0.4) is 0 Å². The molecule has 0 fully saturated rings. The Balaban J connectivity index is -0.0000000800. The van der Waals surface area contributed by atoms with Gasteiger partial charge in [0.25, 0.3) is 0 Å². The minimum absolute atomic E-state index is 0. The van der Waals surface area contributed by atoms with Gasteiger partial charge in [0.1, 0.15) is 0 Å². The van der Waals surface area contributed by atoms with E-state index >= 15 is 0 Å². The van der Waals surface area contributed by atoms with Gasteiger partial charge in [-0.3, -0.25) is 9.11 Å². The number of aliphatic hydroxyl groups excluding tert-OH is 1. The second kappa shape index (κ2) is 8.75. The Kier molecular flexibility index (Phi) is 15.9. The molecule has 0 aromatic heterocycles. The second-order valence-electron chi connectivity index (χ2n) is 0.764. The number of rotatable bonds is 0. The van der Waals surface area contributed by atoms with E-state index in [-0.39, 0.29) is 33.9 Å². The zero-order valence-corrected chi connectivity index (χ0v) is 11.3. The van der Waals surface area contributed by atoms with Gasteiger partial charge in [-0.25, -0.2) is 0 Å². The van der Waals surface area contributed by atoms with Crippen molar-refractivity contribution in [2.45, 2.75) is 6.92 Å². The fourth-order valence-electron chi connectivity index (χ4n) is 0. The Morgan fingerprint density at radius 2 is 1.33 bits per heavy atom. The van der Waals surface area contributed by atoms with E-state index < -0.39 is 10.4 Å². The van der Waals surface area contributed by atoms with Crippen molar-refractivity contribution >= 4 is 37.7 Å². The molecule has 0 aromatic carbocycles. The molecule has 0 aliphatic rings. The number of aliphatic hydroxyl groups is 1. The maximum absolute atomic E-state index is 8.74. The zero-order chi connectivity index (χ0) is 7.21. The van der Waals surface area contributed by atoms with Crippen molar-refractivity contribution in [2.75, 3.05) is 6.61 Å². The molecular weight excluding hydrogens is 343 g/mol. The monoisotopic (exact) mass is 354 g/mol. The van der Waals surface area contributed by atoms with Gasteiger partial charge < -0.3 is 5.11 Å². The topological polar surface area (TPSA) is 94.8 Å². The van der Waals surface area contributed by atoms with E-state index in [0.29, 0.717) is 0 Å². The first-order chi connectivity index (χ1) is 3.41. The first kappa shape index (κ1) is 16.4. The molecule has 3 N–H and O–H groups in total. The van der Waals surface area contributed by atoms with Gasteiger partial charge in [-0.15, -0.1) is 0 Å². The molecule has 0 rings (SSSR count). The van der Waals surface area contributed by atoms with Gasteiger partial charge >= 0.3 is 37.7 Å². The van der Waals surface area contributed by atoms with E-state index in [9.17, 15) is 0 Å². The van der Waals surface area contributed by atoms with Crippen LogP contribution in [0.15, 0.2) is 0 Å². The quantitative estimate of drug-likeness (QED) is 0.361. The maximum atomic E-state index is 8.74. The summed E-state index contributed by atoms with van der Waals surface area (Å²) in [6, 6.07) is 0. The standard InChI is InChI=1S/C2H6O.H2O4S.Pb.2H/c1-2-3;1-5(2,3)4;;;/h3H,2H2,1H3;(H2,1,2,3,4);;;. The Hall–Kier alpha value is 0.752.